The molecule has 4 N–H and O–H groups in total. The summed E-state index contributed by atoms with van der Waals surface area (Å²) in [6.45, 7) is -0.914. The number of aliphatic carboxylic acids is 1. The number of rotatable bonds is 11. The lowest BCUT2D eigenvalue weighted by atomic mass is 10.1. The van der Waals surface area contributed by atoms with Gasteiger partial charge in [0.15, 0.2) is 12.1 Å². The van der Waals surface area contributed by atoms with Crippen molar-refractivity contribution >= 4 is 18.3 Å². The highest BCUT2D eigenvalue weighted by molar-refractivity contribution is 5.92. The van der Waals surface area contributed by atoms with Crippen LogP contribution in [0.4, 0.5) is 8.78 Å². The zero-order chi connectivity index (χ0) is 25.5. The number of aliphatic hydroxyl groups is 2. The molecule has 13 heteroatoms. The summed E-state index contributed by atoms with van der Waals surface area (Å²) in [4.78, 5) is 41.7. The van der Waals surface area contributed by atoms with E-state index in [2.05, 4.69) is 10.3 Å². The molecule has 1 atom stereocenters. The molecule has 1 aliphatic rings. The first-order valence-electron chi connectivity index (χ1n) is 10.2. The number of hydrogen-bond acceptors (Lipinski definition) is 8. The molecule has 1 aliphatic heterocycles. The third-order valence-electron chi connectivity index (χ3n) is 5.12. The first-order valence-corrected chi connectivity index (χ1v) is 10.2. The van der Waals surface area contributed by atoms with E-state index in [0.29, 0.717) is 12.0 Å². The van der Waals surface area contributed by atoms with E-state index < -0.39 is 36.8 Å². The highest BCUT2D eigenvalue weighted by atomic mass is 19.3. The SMILES string of the molecule is O=CN(Cc1ccc(C(F)F)cc1)C1=C(/C(O)=C/C(O)NCC(=O)O)CN(C(=O)c2cocn2)C1. The second kappa shape index (κ2) is 11.4. The first-order chi connectivity index (χ1) is 16.7. The Balaban J connectivity index is 1.88. The smallest absolute Gasteiger partial charge is 0.317 e. The molecule has 2 amide bonds. The second-order valence-electron chi connectivity index (χ2n) is 7.51. The van der Waals surface area contributed by atoms with Crippen LogP contribution in [0.5, 0.6) is 0 Å². The Morgan fingerprint density at radius 3 is 2.51 bits per heavy atom. The number of aliphatic hydroxyl groups excluding tert-OH is 2. The maximum absolute atomic E-state index is 12.8. The maximum atomic E-state index is 12.8. The van der Waals surface area contributed by atoms with Gasteiger partial charge in [-0.3, -0.25) is 19.7 Å². The van der Waals surface area contributed by atoms with Crippen molar-refractivity contribution in [1.82, 2.24) is 20.1 Å². The normalized spacial score (nSPS) is 15.0. The minimum absolute atomic E-state index is 0.00234. The van der Waals surface area contributed by atoms with E-state index in [1.54, 1.807) is 0 Å². The van der Waals surface area contributed by atoms with Crippen LogP contribution in [0.15, 0.2) is 64.4 Å². The lowest BCUT2D eigenvalue weighted by Gasteiger charge is -2.21. The number of oxazole rings is 1. The quantitative estimate of drug-likeness (QED) is 0.207. The lowest BCUT2D eigenvalue weighted by Crippen LogP contribution is -2.32. The Labute approximate surface area is 197 Å². The number of halogens is 2. The van der Waals surface area contributed by atoms with Crippen molar-refractivity contribution in [2.45, 2.75) is 19.2 Å². The monoisotopic (exact) mass is 492 g/mol. The third-order valence-corrected chi connectivity index (χ3v) is 5.12. The van der Waals surface area contributed by atoms with E-state index in [4.69, 9.17) is 9.52 Å². The summed E-state index contributed by atoms with van der Waals surface area (Å²) in [5.41, 5.74) is 0.669. The number of carbonyl (C=O) groups is 3. The summed E-state index contributed by atoms with van der Waals surface area (Å²) < 4.78 is 30.5. The van der Waals surface area contributed by atoms with E-state index in [9.17, 15) is 33.4 Å². The molecule has 1 unspecified atom stereocenters. The van der Waals surface area contributed by atoms with Gasteiger partial charge in [0.05, 0.1) is 26.2 Å². The summed E-state index contributed by atoms with van der Waals surface area (Å²) in [6, 6.07) is 5.33. The predicted molar refractivity (Wildman–Crippen MR) is 115 cm³/mol. The average molecular weight is 492 g/mol. The molecule has 0 aliphatic carbocycles. The molecule has 35 heavy (non-hydrogen) atoms. The van der Waals surface area contributed by atoms with Crippen LogP contribution < -0.4 is 5.32 Å². The Kier molecular flexibility index (Phi) is 8.28. The van der Waals surface area contributed by atoms with Crippen LogP contribution in [-0.4, -0.2) is 74.3 Å². The highest BCUT2D eigenvalue weighted by Gasteiger charge is 2.32. The van der Waals surface area contributed by atoms with E-state index >= 15 is 0 Å². The fraction of sp³-hybridized carbons (Fsp3) is 0.273. The molecule has 1 aromatic carbocycles. The summed E-state index contributed by atoms with van der Waals surface area (Å²) >= 11 is 0. The van der Waals surface area contributed by atoms with Gasteiger partial charge in [0.2, 0.25) is 6.41 Å². The molecular weight excluding hydrogens is 470 g/mol. The second-order valence-corrected chi connectivity index (χ2v) is 7.51. The largest absolute Gasteiger partial charge is 0.508 e. The number of aromatic nitrogens is 1. The van der Waals surface area contributed by atoms with Crippen molar-refractivity contribution in [3.05, 3.63) is 76.8 Å². The van der Waals surface area contributed by atoms with Crippen molar-refractivity contribution in [3.8, 4) is 0 Å². The van der Waals surface area contributed by atoms with Crippen LogP contribution in [0.25, 0.3) is 0 Å². The van der Waals surface area contributed by atoms with E-state index in [0.717, 1.165) is 18.7 Å². The molecule has 3 rings (SSSR count). The zero-order valence-corrected chi connectivity index (χ0v) is 18.2. The van der Waals surface area contributed by atoms with Gasteiger partial charge in [-0.05, 0) is 5.56 Å². The van der Waals surface area contributed by atoms with Gasteiger partial charge in [0.1, 0.15) is 18.3 Å². The number of hydrogen-bond donors (Lipinski definition) is 4. The first kappa shape index (κ1) is 25.5. The molecule has 186 valence electrons. The molecule has 0 radical (unpaired) electrons. The van der Waals surface area contributed by atoms with Crippen molar-refractivity contribution in [2.75, 3.05) is 19.6 Å². The van der Waals surface area contributed by atoms with Gasteiger partial charge in [-0.1, -0.05) is 24.3 Å². The molecule has 0 bridgehead atoms. The van der Waals surface area contributed by atoms with Gasteiger partial charge in [-0.25, -0.2) is 13.8 Å². The Morgan fingerprint density at radius 2 is 1.94 bits per heavy atom. The van der Waals surface area contributed by atoms with Crippen molar-refractivity contribution in [2.24, 2.45) is 0 Å². The molecule has 0 fully saturated rings. The fourth-order valence-electron chi connectivity index (χ4n) is 3.39. The summed E-state index contributed by atoms with van der Waals surface area (Å²) in [5.74, 6) is -2.26. The number of amides is 2. The Bertz CT molecular complexity index is 1120. The fourth-order valence-corrected chi connectivity index (χ4v) is 3.39. The van der Waals surface area contributed by atoms with Crippen LogP contribution in [0.2, 0.25) is 0 Å². The van der Waals surface area contributed by atoms with Gasteiger partial charge >= 0.3 is 5.97 Å². The minimum Gasteiger partial charge on any atom is -0.508 e. The number of carboxylic acid groups (broad SMARTS) is 1. The number of nitrogens with one attached hydrogen (secondary N) is 1. The molecule has 2 heterocycles. The third kappa shape index (κ3) is 6.49. The summed E-state index contributed by atoms with van der Waals surface area (Å²) in [5, 5.41) is 31.6. The lowest BCUT2D eigenvalue weighted by molar-refractivity contribution is -0.136. The molecule has 0 saturated carbocycles. The van der Waals surface area contributed by atoms with Crippen LogP contribution in [-0.2, 0) is 16.1 Å². The van der Waals surface area contributed by atoms with Crippen molar-refractivity contribution < 1.29 is 42.9 Å². The van der Waals surface area contributed by atoms with E-state index in [1.165, 1.54) is 34.1 Å². The molecule has 0 spiro atoms. The van der Waals surface area contributed by atoms with Crippen molar-refractivity contribution in [3.63, 3.8) is 0 Å². The number of benzene rings is 1. The topological polar surface area (TPSA) is 156 Å². The molecular formula is C22H22F2N4O7. The van der Waals surface area contributed by atoms with Crippen LogP contribution >= 0.6 is 0 Å². The van der Waals surface area contributed by atoms with Gasteiger partial charge in [0, 0.05) is 22.9 Å². The van der Waals surface area contributed by atoms with Crippen LogP contribution in [0.3, 0.4) is 0 Å². The predicted octanol–water partition coefficient (Wildman–Crippen LogP) is 1.42. The molecule has 1 aromatic heterocycles. The van der Waals surface area contributed by atoms with Gasteiger partial charge in [-0.2, -0.15) is 0 Å². The van der Waals surface area contributed by atoms with Gasteiger partial charge < -0.3 is 29.5 Å². The van der Waals surface area contributed by atoms with E-state index in [1.807, 2.05) is 0 Å². The molecule has 0 saturated heterocycles. The number of nitrogens with zero attached hydrogens (tertiary/aromatic N) is 3. The molecule has 11 nitrogen and oxygen atoms in total. The molecule has 2 aromatic rings. The van der Waals surface area contributed by atoms with Crippen LogP contribution in [0, 0.1) is 0 Å². The minimum atomic E-state index is -2.64. The van der Waals surface area contributed by atoms with Crippen molar-refractivity contribution in [1.29, 1.82) is 0 Å². The van der Waals surface area contributed by atoms with Gasteiger partial charge in [0.25, 0.3) is 12.3 Å². The average Bonchev–Trinajstić information content (AvgIpc) is 3.52. The summed E-state index contributed by atoms with van der Waals surface area (Å²) in [7, 11) is 0. The van der Waals surface area contributed by atoms with Gasteiger partial charge in [-0.15, -0.1) is 0 Å². The number of carbonyl (C=O) groups excluding carboxylic acids is 2. The highest BCUT2D eigenvalue weighted by Crippen LogP contribution is 2.28. The number of alkyl halides is 2. The standard InChI is InChI=1S/C22H22F2N4O7/c23-21(24)14-3-1-13(2-4-14)7-28(12-29)17-9-27(22(34)16-10-35-11-26-16)8-15(17)18(30)5-19(31)25-6-20(32)33/h1-5,10-12,19,21,25,30-31H,6-9H2,(H,32,33)/b18-5-. The van der Waals surface area contributed by atoms with Crippen LogP contribution in [0.1, 0.15) is 28.0 Å². The Hall–Kier alpha value is -4.10. The maximum Gasteiger partial charge on any atom is 0.317 e. The number of carboxylic acids is 1. The Morgan fingerprint density at radius 1 is 1.23 bits per heavy atom. The zero-order valence-electron chi connectivity index (χ0n) is 18.2. The summed E-state index contributed by atoms with van der Waals surface area (Å²) in [6.07, 6.45) is -0.574. The van der Waals surface area contributed by atoms with E-state index in [-0.39, 0.29) is 42.2 Å².